The molecule has 0 radical (unpaired) electrons. The minimum absolute atomic E-state index is 0.211. The number of para-hydroxylation sites is 1. The molecule has 2 saturated heterocycles. The Hall–Kier alpha value is -3.95. The lowest BCUT2D eigenvalue weighted by atomic mass is 10.1. The van der Waals surface area contributed by atoms with Crippen molar-refractivity contribution in [1.82, 2.24) is 9.80 Å². The molecule has 0 spiro atoms. The summed E-state index contributed by atoms with van der Waals surface area (Å²) in [6.07, 6.45) is 1.58. The number of benzene rings is 3. The molecule has 212 valence electrons. The van der Waals surface area contributed by atoms with Gasteiger partial charge in [0.25, 0.3) is 11.1 Å². The SMILES string of the molecule is COc1cc(/C=C2/SC(=O)N(CC(=O)N3CCN(c4ccccc4)CC3)C2=O)cc(Cl)c1OCc1cccc(C)c1. The maximum atomic E-state index is 13.1. The number of hydrogen-bond acceptors (Lipinski definition) is 7. The lowest BCUT2D eigenvalue weighted by Crippen LogP contribution is -2.51. The van der Waals surface area contributed by atoms with Crippen LogP contribution in [0.1, 0.15) is 16.7 Å². The number of thioether (sulfide) groups is 1. The molecule has 8 nitrogen and oxygen atoms in total. The number of imide groups is 1. The van der Waals surface area contributed by atoms with Crippen molar-refractivity contribution >= 4 is 52.2 Å². The van der Waals surface area contributed by atoms with Crippen molar-refractivity contribution in [2.45, 2.75) is 13.5 Å². The summed E-state index contributed by atoms with van der Waals surface area (Å²) in [4.78, 5) is 43.9. The summed E-state index contributed by atoms with van der Waals surface area (Å²) < 4.78 is 11.5. The molecule has 0 saturated carbocycles. The van der Waals surface area contributed by atoms with Gasteiger partial charge < -0.3 is 19.3 Å². The van der Waals surface area contributed by atoms with Gasteiger partial charge >= 0.3 is 0 Å². The summed E-state index contributed by atoms with van der Waals surface area (Å²) in [5.74, 6) is 0.0339. The van der Waals surface area contributed by atoms with Crippen LogP contribution in [0.3, 0.4) is 0 Å². The van der Waals surface area contributed by atoms with Crippen LogP contribution in [0, 0.1) is 6.92 Å². The first-order chi connectivity index (χ1) is 19.8. The van der Waals surface area contributed by atoms with E-state index in [0.29, 0.717) is 54.9 Å². The molecular formula is C31H30ClN3O5S. The highest BCUT2D eigenvalue weighted by Crippen LogP contribution is 2.39. The Morgan fingerprint density at radius 3 is 2.46 bits per heavy atom. The van der Waals surface area contributed by atoms with E-state index in [1.165, 1.54) is 7.11 Å². The fourth-order valence-electron chi connectivity index (χ4n) is 4.80. The van der Waals surface area contributed by atoms with E-state index in [-0.39, 0.29) is 17.4 Å². The first-order valence-corrected chi connectivity index (χ1v) is 14.4. The Kier molecular flexibility index (Phi) is 8.85. The van der Waals surface area contributed by atoms with E-state index in [1.54, 1.807) is 23.1 Å². The molecule has 2 aliphatic heterocycles. The molecule has 2 fully saturated rings. The fraction of sp³-hybridized carbons (Fsp3) is 0.258. The number of ether oxygens (including phenoxy) is 2. The predicted octanol–water partition coefficient (Wildman–Crippen LogP) is 5.62. The monoisotopic (exact) mass is 591 g/mol. The smallest absolute Gasteiger partial charge is 0.294 e. The molecule has 3 aromatic carbocycles. The summed E-state index contributed by atoms with van der Waals surface area (Å²) in [7, 11) is 1.51. The van der Waals surface area contributed by atoms with Crippen LogP contribution in [-0.2, 0) is 16.2 Å². The van der Waals surface area contributed by atoms with Crippen LogP contribution >= 0.6 is 23.4 Å². The maximum Gasteiger partial charge on any atom is 0.294 e. The number of halogens is 1. The lowest BCUT2D eigenvalue weighted by Gasteiger charge is -2.36. The summed E-state index contributed by atoms with van der Waals surface area (Å²) in [5, 5.41) is -0.166. The van der Waals surface area contributed by atoms with Gasteiger partial charge in [-0.1, -0.05) is 59.6 Å². The number of hydrogen-bond donors (Lipinski definition) is 0. The Labute approximate surface area is 248 Å². The quantitative estimate of drug-likeness (QED) is 0.315. The van der Waals surface area contributed by atoms with Crippen molar-refractivity contribution in [3.63, 3.8) is 0 Å². The van der Waals surface area contributed by atoms with Gasteiger partial charge in [-0.05, 0) is 60.2 Å². The van der Waals surface area contributed by atoms with Crippen molar-refractivity contribution in [3.8, 4) is 11.5 Å². The normalized spacial score (nSPS) is 16.5. The molecule has 2 aliphatic rings. The molecule has 0 aliphatic carbocycles. The number of anilines is 1. The first kappa shape index (κ1) is 28.6. The average molecular weight is 592 g/mol. The molecular weight excluding hydrogens is 562 g/mol. The molecule has 3 aromatic rings. The highest BCUT2D eigenvalue weighted by atomic mass is 35.5. The van der Waals surface area contributed by atoms with Crippen molar-refractivity contribution in [2.75, 3.05) is 44.7 Å². The topological polar surface area (TPSA) is 79.4 Å². The van der Waals surface area contributed by atoms with Gasteiger partial charge in [-0.3, -0.25) is 19.3 Å². The Bertz CT molecular complexity index is 1490. The summed E-state index contributed by atoms with van der Waals surface area (Å²) in [6.45, 7) is 4.45. The van der Waals surface area contributed by atoms with Crippen LogP contribution < -0.4 is 14.4 Å². The second-order valence-electron chi connectivity index (χ2n) is 9.78. The minimum atomic E-state index is -0.508. The van der Waals surface area contributed by atoms with Crippen LogP contribution in [0.5, 0.6) is 11.5 Å². The number of amides is 3. The van der Waals surface area contributed by atoms with Crippen LogP contribution in [0.15, 0.2) is 71.6 Å². The van der Waals surface area contributed by atoms with Crippen LogP contribution in [0.2, 0.25) is 5.02 Å². The summed E-state index contributed by atoms with van der Waals surface area (Å²) >= 11 is 7.34. The van der Waals surface area contributed by atoms with Gasteiger partial charge in [-0.25, -0.2) is 0 Å². The van der Waals surface area contributed by atoms with E-state index in [1.807, 2.05) is 61.5 Å². The van der Waals surface area contributed by atoms with E-state index in [9.17, 15) is 14.4 Å². The zero-order valence-corrected chi connectivity index (χ0v) is 24.4. The number of methoxy groups -OCH3 is 1. The Morgan fingerprint density at radius 1 is 1.00 bits per heavy atom. The van der Waals surface area contributed by atoms with Crippen molar-refractivity contribution in [1.29, 1.82) is 0 Å². The third-order valence-corrected chi connectivity index (χ3v) is 8.12. The zero-order chi connectivity index (χ0) is 28.9. The summed E-state index contributed by atoms with van der Waals surface area (Å²) in [6, 6.07) is 21.3. The largest absolute Gasteiger partial charge is 0.493 e. The van der Waals surface area contributed by atoms with Crippen LogP contribution in [-0.4, -0.2) is 66.7 Å². The number of carbonyl (C=O) groups is 3. The molecule has 3 amide bonds. The van der Waals surface area contributed by atoms with E-state index in [0.717, 1.165) is 33.5 Å². The van der Waals surface area contributed by atoms with Crippen LogP contribution in [0.25, 0.3) is 6.08 Å². The fourth-order valence-corrected chi connectivity index (χ4v) is 5.91. The van der Waals surface area contributed by atoms with Crippen molar-refractivity contribution in [2.24, 2.45) is 0 Å². The third kappa shape index (κ3) is 6.69. The number of aryl methyl sites for hydroxylation is 1. The highest BCUT2D eigenvalue weighted by molar-refractivity contribution is 8.18. The molecule has 2 heterocycles. The van der Waals surface area contributed by atoms with Gasteiger partial charge in [0.15, 0.2) is 11.5 Å². The Morgan fingerprint density at radius 2 is 1.76 bits per heavy atom. The molecule has 5 rings (SSSR count). The second kappa shape index (κ2) is 12.7. The predicted molar refractivity (Wildman–Crippen MR) is 161 cm³/mol. The second-order valence-corrected chi connectivity index (χ2v) is 11.2. The van der Waals surface area contributed by atoms with E-state index in [2.05, 4.69) is 4.90 Å². The third-order valence-electron chi connectivity index (χ3n) is 6.94. The molecule has 0 aromatic heterocycles. The molecule has 0 N–H and O–H groups in total. The molecule has 0 unspecified atom stereocenters. The number of rotatable bonds is 8. The van der Waals surface area contributed by atoms with E-state index < -0.39 is 11.1 Å². The average Bonchev–Trinajstić information content (AvgIpc) is 3.24. The molecule has 0 bridgehead atoms. The molecule has 41 heavy (non-hydrogen) atoms. The van der Waals surface area contributed by atoms with E-state index >= 15 is 0 Å². The molecule has 0 atom stereocenters. The summed E-state index contributed by atoms with van der Waals surface area (Å²) in [5.41, 5.74) is 3.80. The number of carbonyl (C=O) groups excluding carboxylic acids is 3. The lowest BCUT2D eigenvalue weighted by molar-refractivity contribution is -0.136. The zero-order valence-electron chi connectivity index (χ0n) is 22.8. The first-order valence-electron chi connectivity index (χ1n) is 13.2. The number of nitrogens with zero attached hydrogens (tertiary/aromatic N) is 3. The van der Waals surface area contributed by atoms with Crippen molar-refractivity contribution < 1.29 is 23.9 Å². The molecule has 10 heteroatoms. The van der Waals surface area contributed by atoms with Gasteiger partial charge in [0.2, 0.25) is 5.91 Å². The minimum Gasteiger partial charge on any atom is -0.493 e. The van der Waals surface area contributed by atoms with Gasteiger partial charge in [-0.15, -0.1) is 0 Å². The van der Waals surface area contributed by atoms with Crippen LogP contribution in [0.4, 0.5) is 10.5 Å². The Balaban J connectivity index is 1.22. The standard InChI is InChI=1S/C31H30ClN3O5S/c1-21-7-6-8-22(15-21)20-40-29-25(32)16-23(17-26(29)39-2)18-27-30(37)35(31(38)41-27)19-28(36)34-13-11-33(12-14-34)24-9-4-3-5-10-24/h3-10,15-18H,11-14,19-20H2,1-2H3/b27-18+. The van der Waals surface area contributed by atoms with Crippen molar-refractivity contribution in [3.05, 3.63) is 93.3 Å². The number of piperazine rings is 1. The van der Waals surface area contributed by atoms with Gasteiger partial charge in [0.1, 0.15) is 13.2 Å². The highest BCUT2D eigenvalue weighted by Gasteiger charge is 2.37. The van der Waals surface area contributed by atoms with E-state index in [4.69, 9.17) is 21.1 Å². The van der Waals surface area contributed by atoms with Gasteiger partial charge in [0.05, 0.1) is 17.0 Å². The van der Waals surface area contributed by atoms with Gasteiger partial charge in [0, 0.05) is 31.9 Å². The van der Waals surface area contributed by atoms with Gasteiger partial charge in [-0.2, -0.15) is 0 Å². The maximum absolute atomic E-state index is 13.1.